The second-order valence-electron chi connectivity index (χ2n) is 6.78. The average Bonchev–Trinajstić information content (AvgIpc) is 3.08. The number of aromatic amines is 1. The first kappa shape index (κ1) is 16.8. The van der Waals surface area contributed by atoms with E-state index < -0.39 is 0 Å². The van der Waals surface area contributed by atoms with Crippen molar-refractivity contribution in [3.05, 3.63) is 34.5 Å². The molecule has 2 N–H and O–H groups in total. The second kappa shape index (κ2) is 6.25. The molecule has 0 radical (unpaired) electrons. The molecule has 2 fully saturated rings. The van der Waals surface area contributed by atoms with Crippen molar-refractivity contribution in [2.75, 3.05) is 5.75 Å². The first-order valence-electron chi connectivity index (χ1n) is 8.56. The van der Waals surface area contributed by atoms with Crippen LogP contribution in [0.4, 0.5) is 0 Å². The van der Waals surface area contributed by atoms with Crippen LogP contribution < -0.4 is 5.43 Å². The maximum Gasteiger partial charge on any atom is 0.286 e. The van der Waals surface area contributed by atoms with Gasteiger partial charge in [0, 0.05) is 15.9 Å². The van der Waals surface area contributed by atoms with E-state index in [9.17, 15) is 9.59 Å². The first-order chi connectivity index (χ1) is 12.0. The van der Waals surface area contributed by atoms with Crippen LogP contribution in [0, 0.1) is 6.92 Å². The zero-order chi connectivity index (χ0) is 17.6. The molecule has 7 heteroatoms. The maximum atomic E-state index is 12.9. The topological polar surface area (TPSA) is 65.2 Å². The number of hydrogen-bond acceptors (Lipinski definition) is 3. The van der Waals surface area contributed by atoms with Crippen molar-refractivity contribution in [2.45, 2.75) is 43.9 Å². The second-order valence-corrected chi connectivity index (χ2v) is 8.55. The number of carbonyl (C=O) groups is 2. The average molecular weight is 378 g/mol. The number of aryl methyl sites for hydroxylation is 1. The number of benzene rings is 1. The van der Waals surface area contributed by atoms with E-state index in [2.05, 4.69) is 10.4 Å². The third kappa shape index (κ3) is 2.81. The number of hydrogen-bond donors (Lipinski definition) is 2. The van der Waals surface area contributed by atoms with Crippen molar-refractivity contribution in [3.63, 3.8) is 0 Å². The van der Waals surface area contributed by atoms with Crippen molar-refractivity contribution >= 4 is 46.1 Å². The van der Waals surface area contributed by atoms with Gasteiger partial charge in [0.15, 0.2) is 0 Å². The number of fused-ring (bicyclic) bond motifs is 1. The summed E-state index contributed by atoms with van der Waals surface area (Å²) in [5.74, 6) is 0.143. The lowest BCUT2D eigenvalue weighted by Crippen LogP contribution is -2.55. The van der Waals surface area contributed by atoms with Crippen LogP contribution in [0.5, 0.6) is 0 Å². The van der Waals surface area contributed by atoms with Crippen molar-refractivity contribution in [2.24, 2.45) is 0 Å². The molecule has 0 atom stereocenters. The van der Waals surface area contributed by atoms with Gasteiger partial charge >= 0.3 is 0 Å². The van der Waals surface area contributed by atoms with Gasteiger partial charge in [-0.25, -0.2) is 5.01 Å². The van der Waals surface area contributed by atoms with Gasteiger partial charge in [-0.05, 0) is 43.5 Å². The van der Waals surface area contributed by atoms with Gasteiger partial charge in [-0.1, -0.05) is 30.9 Å². The zero-order valence-corrected chi connectivity index (χ0v) is 15.6. The first-order valence-corrected chi connectivity index (χ1v) is 9.92. The summed E-state index contributed by atoms with van der Waals surface area (Å²) in [7, 11) is 0. The Labute approximate surface area is 155 Å². The van der Waals surface area contributed by atoms with Crippen LogP contribution in [0.2, 0.25) is 5.02 Å². The molecule has 1 aromatic heterocycles. The predicted octanol–water partition coefficient (Wildman–Crippen LogP) is 4.01. The number of amides is 2. The molecule has 2 amide bonds. The van der Waals surface area contributed by atoms with Gasteiger partial charge in [0.05, 0.1) is 5.75 Å². The summed E-state index contributed by atoms with van der Waals surface area (Å²) in [4.78, 5) is 28.1. The number of aromatic nitrogens is 1. The van der Waals surface area contributed by atoms with Gasteiger partial charge in [-0.2, -0.15) is 0 Å². The van der Waals surface area contributed by atoms with E-state index in [0.717, 1.165) is 42.1 Å². The van der Waals surface area contributed by atoms with E-state index >= 15 is 0 Å². The molecule has 2 heterocycles. The fraction of sp³-hybridized carbons (Fsp3) is 0.444. The molecule has 4 rings (SSSR count). The van der Waals surface area contributed by atoms with Gasteiger partial charge in [0.1, 0.15) is 10.6 Å². The zero-order valence-electron chi connectivity index (χ0n) is 14.0. The van der Waals surface area contributed by atoms with Gasteiger partial charge in [-0.3, -0.25) is 15.0 Å². The molecule has 0 bridgehead atoms. The lowest BCUT2D eigenvalue weighted by Gasteiger charge is -2.39. The molecule has 2 aliphatic rings. The van der Waals surface area contributed by atoms with E-state index in [1.54, 1.807) is 22.8 Å². The number of carbonyl (C=O) groups excluding carboxylic acids is 2. The van der Waals surface area contributed by atoms with Crippen molar-refractivity contribution in [1.29, 1.82) is 0 Å². The smallest absolute Gasteiger partial charge is 0.286 e. The molecule has 1 aliphatic carbocycles. The number of nitrogens with zero attached hydrogens (tertiary/aromatic N) is 1. The Kier molecular flexibility index (Phi) is 4.20. The van der Waals surface area contributed by atoms with Crippen molar-refractivity contribution in [1.82, 2.24) is 15.4 Å². The van der Waals surface area contributed by atoms with E-state index in [-0.39, 0.29) is 16.7 Å². The molecule has 2 aromatic rings. The van der Waals surface area contributed by atoms with Crippen LogP contribution in [-0.2, 0) is 4.79 Å². The van der Waals surface area contributed by atoms with Gasteiger partial charge in [-0.15, -0.1) is 11.8 Å². The number of thioether (sulfide) groups is 1. The minimum absolute atomic E-state index is 0.0166. The molecular weight excluding hydrogens is 358 g/mol. The summed E-state index contributed by atoms with van der Waals surface area (Å²) in [5.41, 5.74) is 5.06. The number of hydrazine groups is 1. The Hall–Kier alpha value is -1.66. The Morgan fingerprint density at radius 1 is 1.32 bits per heavy atom. The molecule has 1 aliphatic heterocycles. The molecule has 1 aromatic carbocycles. The number of nitrogens with one attached hydrogen (secondary N) is 2. The number of H-pyrrole nitrogens is 1. The number of halogens is 1. The molecule has 132 valence electrons. The highest BCUT2D eigenvalue weighted by Gasteiger charge is 2.47. The summed E-state index contributed by atoms with van der Waals surface area (Å²) in [6.07, 6.45) is 5.25. The van der Waals surface area contributed by atoms with Gasteiger partial charge in [0.25, 0.3) is 11.8 Å². The normalized spacial score (nSPS) is 19.8. The highest BCUT2D eigenvalue weighted by Crippen LogP contribution is 2.46. The molecule has 25 heavy (non-hydrogen) atoms. The molecule has 0 unspecified atom stereocenters. The third-order valence-electron chi connectivity index (χ3n) is 5.22. The maximum absolute atomic E-state index is 12.9. The minimum atomic E-state index is -0.273. The van der Waals surface area contributed by atoms with Crippen LogP contribution in [0.1, 0.15) is 48.2 Å². The minimum Gasteiger partial charge on any atom is -0.350 e. The van der Waals surface area contributed by atoms with Crippen LogP contribution >= 0.6 is 23.4 Å². The summed E-state index contributed by atoms with van der Waals surface area (Å²) in [6, 6.07) is 5.50. The van der Waals surface area contributed by atoms with Crippen LogP contribution in [0.25, 0.3) is 10.9 Å². The summed E-state index contributed by atoms with van der Waals surface area (Å²) in [6.45, 7) is 1.89. The fourth-order valence-electron chi connectivity index (χ4n) is 3.87. The summed E-state index contributed by atoms with van der Waals surface area (Å²) >= 11 is 7.73. The predicted molar refractivity (Wildman–Crippen MR) is 101 cm³/mol. The Morgan fingerprint density at radius 3 is 2.84 bits per heavy atom. The van der Waals surface area contributed by atoms with E-state index in [0.29, 0.717) is 16.5 Å². The lowest BCUT2D eigenvalue weighted by atomic mass is 9.94. The molecule has 5 nitrogen and oxygen atoms in total. The Bertz CT molecular complexity index is 857. The van der Waals surface area contributed by atoms with Crippen LogP contribution in [0.3, 0.4) is 0 Å². The van der Waals surface area contributed by atoms with Crippen molar-refractivity contribution in [3.8, 4) is 0 Å². The van der Waals surface area contributed by atoms with E-state index in [4.69, 9.17) is 11.6 Å². The molecular formula is C18H20ClN3O2S. The molecule has 1 saturated carbocycles. The Morgan fingerprint density at radius 2 is 2.08 bits per heavy atom. The quantitative estimate of drug-likeness (QED) is 0.831. The summed E-state index contributed by atoms with van der Waals surface area (Å²) in [5, 5.41) is 3.15. The summed E-state index contributed by atoms with van der Waals surface area (Å²) < 4.78 is 0. The highest BCUT2D eigenvalue weighted by molar-refractivity contribution is 8.01. The van der Waals surface area contributed by atoms with E-state index in [1.165, 1.54) is 6.42 Å². The standard InChI is InChI=1S/C18H20ClN3O2S/c1-11-13-9-12(19)5-6-14(13)20-16(11)17(24)21-22-15(23)10-25-18(22)7-3-2-4-8-18/h5-6,9,20H,2-4,7-8,10H2,1H3,(H,21,24). The van der Waals surface area contributed by atoms with Crippen LogP contribution in [0.15, 0.2) is 18.2 Å². The van der Waals surface area contributed by atoms with Crippen molar-refractivity contribution < 1.29 is 9.59 Å². The largest absolute Gasteiger partial charge is 0.350 e. The van der Waals surface area contributed by atoms with E-state index in [1.807, 2.05) is 19.1 Å². The molecule has 1 saturated heterocycles. The third-order valence-corrected chi connectivity index (χ3v) is 6.97. The Balaban J connectivity index is 1.63. The fourth-order valence-corrected chi connectivity index (χ4v) is 5.42. The lowest BCUT2D eigenvalue weighted by molar-refractivity contribution is -0.133. The van der Waals surface area contributed by atoms with Crippen LogP contribution in [-0.4, -0.2) is 32.4 Å². The monoisotopic (exact) mass is 377 g/mol. The van der Waals surface area contributed by atoms with Gasteiger partial charge < -0.3 is 4.98 Å². The van der Waals surface area contributed by atoms with Gasteiger partial charge in [0.2, 0.25) is 0 Å². The molecule has 1 spiro atoms. The highest BCUT2D eigenvalue weighted by atomic mass is 35.5. The SMILES string of the molecule is Cc1c(C(=O)NN2C(=O)CSC23CCCCC3)[nH]c2ccc(Cl)cc12. The number of rotatable bonds is 2.